The number of carbonyl (C=O) groups is 1. The highest BCUT2D eigenvalue weighted by Crippen LogP contribution is 2.39. The maximum absolute atomic E-state index is 12.5. The van der Waals surface area contributed by atoms with Crippen LogP contribution in [0.1, 0.15) is 37.2 Å². The predicted octanol–water partition coefficient (Wildman–Crippen LogP) is 2.85. The van der Waals surface area contributed by atoms with Crippen molar-refractivity contribution in [1.29, 1.82) is 0 Å². The van der Waals surface area contributed by atoms with Crippen LogP contribution in [-0.4, -0.2) is 28.4 Å². The molecule has 2 rings (SSSR count). The summed E-state index contributed by atoms with van der Waals surface area (Å²) in [7, 11) is 0. The molecule has 1 amide bonds. The highest BCUT2D eigenvalue weighted by atomic mass is 32.2. The van der Waals surface area contributed by atoms with Crippen LogP contribution in [0.2, 0.25) is 0 Å². The molecule has 1 fully saturated rings. The molecule has 1 aliphatic carbocycles. The minimum Gasteiger partial charge on any atom is -0.392 e. The summed E-state index contributed by atoms with van der Waals surface area (Å²) in [5.41, 5.74) is 6.64. The highest BCUT2D eigenvalue weighted by molar-refractivity contribution is 8.00. The van der Waals surface area contributed by atoms with Crippen molar-refractivity contribution in [2.45, 2.75) is 36.3 Å². The molecule has 0 saturated heterocycles. The maximum Gasteiger partial charge on any atom is 0.234 e. The Morgan fingerprint density at radius 2 is 2.00 bits per heavy atom. The smallest absolute Gasteiger partial charge is 0.234 e. The fourth-order valence-corrected chi connectivity index (χ4v) is 4.07. The van der Waals surface area contributed by atoms with Crippen molar-refractivity contribution in [3.8, 4) is 0 Å². The van der Waals surface area contributed by atoms with Gasteiger partial charge in [0.2, 0.25) is 5.91 Å². The molecule has 0 bridgehead atoms. The maximum atomic E-state index is 12.5. The van der Waals surface area contributed by atoms with E-state index in [9.17, 15) is 4.79 Å². The number of hydrogen-bond acceptors (Lipinski definition) is 3. The van der Waals surface area contributed by atoms with Crippen molar-refractivity contribution in [2.75, 3.05) is 12.8 Å². The minimum atomic E-state index is -0.540. The van der Waals surface area contributed by atoms with Gasteiger partial charge in [-0.05, 0) is 24.7 Å². The van der Waals surface area contributed by atoms with Gasteiger partial charge in [0.15, 0.2) is 0 Å². The van der Waals surface area contributed by atoms with E-state index in [2.05, 4.69) is 11.6 Å². The van der Waals surface area contributed by atoms with Gasteiger partial charge in [0.1, 0.15) is 5.92 Å². The number of thiocarbonyl (C=S) groups is 1. The van der Waals surface area contributed by atoms with Gasteiger partial charge in [-0.25, -0.2) is 0 Å². The van der Waals surface area contributed by atoms with Crippen LogP contribution < -0.4 is 11.1 Å². The zero-order chi connectivity index (χ0) is 15.3. The molecule has 1 atom stereocenters. The molecule has 0 spiro atoms. The summed E-state index contributed by atoms with van der Waals surface area (Å²) in [5.74, 6) is -0.629. The number of nitrogens with two attached hydrogens (primary N) is 1. The van der Waals surface area contributed by atoms with E-state index in [1.54, 1.807) is 0 Å². The van der Waals surface area contributed by atoms with E-state index in [-0.39, 0.29) is 15.6 Å². The lowest BCUT2D eigenvalue weighted by molar-refractivity contribution is -0.121. The molecule has 1 unspecified atom stereocenters. The Labute approximate surface area is 136 Å². The molecule has 1 aromatic carbocycles. The average Bonchev–Trinajstić information content (AvgIpc) is 2.95. The van der Waals surface area contributed by atoms with Crippen molar-refractivity contribution in [2.24, 2.45) is 5.73 Å². The molecular weight excluding hydrogens is 300 g/mol. The zero-order valence-electron chi connectivity index (χ0n) is 12.3. The third-order valence-corrected chi connectivity index (χ3v) is 5.87. The highest BCUT2D eigenvalue weighted by Gasteiger charge is 2.34. The summed E-state index contributed by atoms with van der Waals surface area (Å²) in [5, 5.41) is 3.07. The van der Waals surface area contributed by atoms with Gasteiger partial charge < -0.3 is 11.1 Å². The van der Waals surface area contributed by atoms with Crippen molar-refractivity contribution in [3.63, 3.8) is 0 Å². The van der Waals surface area contributed by atoms with Crippen LogP contribution in [0.5, 0.6) is 0 Å². The van der Waals surface area contributed by atoms with E-state index >= 15 is 0 Å². The Bertz CT molecular complexity index is 498. The van der Waals surface area contributed by atoms with E-state index in [0.29, 0.717) is 6.54 Å². The number of rotatable bonds is 6. The summed E-state index contributed by atoms with van der Waals surface area (Å²) in [6.07, 6.45) is 6.94. The zero-order valence-corrected chi connectivity index (χ0v) is 13.9. The molecule has 3 N–H and O–H groups in total. The largest absolute Gasteiger partial charge is 0.392 e. The van der Waals surface area contributed by atoms with Gasteiger partial charge in [-0.2, -0.15) is 11.8 Å². The fourth-order valence-electron chi connectivity index (χ4n) is 2.91. The van der Waals surface area contributed by atoms with Crippen molar-refractivity contribution >= 4 is 34.9 Å². The van der Waals surface area contributed by atoms with Crippen molar-refractivity contribution in [3.05, 3.63) is 35.9 Å². The fraction of sp³-hybridized carbons (Fsp3) is 0.500. The molecule has 1 saturated carbocycles. The lowest BCUT2D eigenvalue weighted by Crippen LogP contribution is -2.43. The molecule has 0 heterocycles. The summed E-state index contributed by atoms with van der Waals surface area (Å²) in [6.45, 7) is 0.693. The number of benzene rings is 1. The number of nitrogens with one attached hydrogen (secondary N) is 1. The molecule has 21 heavy (non-hydrogen) atoms. The van der Waals surface area contributed by atoms with Crippen LogP contribution in [0, 0.1) is 0 Å². The third kappa shape index (κ3) is 3.98. The van der Waals surface area contributed by atoms with Crippen LogP contribution in [0.3, 0.4) is 0 Å². The van der Waals surface area contributed by atoms with Crippen molar-refractivity contribution in [1.82, 2.24) is 5.32 Å². The third-order valence-electron chi connectivity index (χ3n) is 4.21. The topological polar surface area (TPSA) is 55.1 Å². The van der Waals surface area contributed by atoms with Crippen LogP contribution >= 0.6 is 24.0 Å². The Kier molecular flexibility index (Phi) is 5.65. The normalized spacial score (nSPS) is 18.1. The van der Waals surface area contributed by atoms with Crippen molar-refractivity contribution < 1.29 is 4.79 Å². The van der Waals surface area contributed by atoms with E-state index in [1.165, 1.54) is 12.8 Å². The van der Waals surface area contributed by atoms with Crippen LogP contribution in [-0.2, 0) is 4.79 Å². The van der Waals surface area contributed by atoms with Gasteiger partial charge in [-0.3, -0.25) is 4.79 Å². The van der Waals surface area contributed by atoms with Gasteiger partial charge in [-0.15, -0.1) is 0 Å². The standard InChI is InChI=1S/C16H22N2OS2/c1-21-16(9-5-6-10-16)11-18-15(19)13(14(17)20)12-7-3-2-4-8-12/h2-4,7-8,13H,5-6,9-11H2,1H3,(H2,17,20)(H,18,19). The number of thioether (sulfide) groups is 1. The summed E-state index contributed by atoms with van der Waals surface area (Å²) in [4.78, 5) is 12.7. The molecule has 114 valence electrons. The summed E-state index contributed by atoms with van der Waals surface area (Å²) >= 11 is 6.95. The van der Waals surface area contributed by atoms with E-state index in [1.807, 2.05) is 42.1 Å². The van der Waals surface area contributed by atoms with Gasteiger partial charge in [0.05, 0.1) is 4.99 Å². The Morgan fingerprint density at radius 3 is 2.52 bits per heavy atom. The van der Waals surface area contributed by atoms with Gasteiger partial charge >= 0.3 is 0 Å². The average molecular weight is 322 g/mol. The van der Waals surface area contributed by atoms with E-state index in [0.717, 1.165) is 18.4 Å². The van der Waals surface area contributed by atoms with Crippen LogP contribution in [0.4, 0.5) is 0 Å². The molecule has 5 heteroatoms. The first kappa shape index (κ1) is 16.3. The first-order valence-corrected chi connectivity index (χ1v) is 8.88. The second-order valence-electron chi connectivity index (χ2n) is 5.56. The minimum absolute atomic E-state index is 0.0889. The quantitative estimate of drug-likeness (QED) is 0.791. The second kappa shape index (κ2) is 7.27. The Morgan fingerprint density at radius 1 is 1.38 bits per heavy atom. The SMILES string of the molecule is CSC1(CNC(=O)C(C(N)=S)c2ccccc2)CCCC1. The lowest BCUT2D eigenvalue weighted by Gasteiger charge is -2.28. The Hall–Kier alpha value is -1.07. The molecule has 0 aliphatic heterocycles. The van der Waals surface area contributed by atoms with Crippen LogP contribution in [0.25, 0.3) is 0 Å². The summed E-state index contributed by atoms with van der Waals surface area (Å²) in [6, 6.07) is 9.49. The first-order valence-electron chi connectivity index (χ1n) is 7.25. The van der Waals surface area contributed by atoms with Crippen LogP contribution in [0.15, 0.2) is 30.3 Å². The van der Waals surface area contributed by atoms with Gasteiger partial charge in [0, 0.05) is 11.3 Å². The van der Waals surface area contributed by atoms with E-state index in [4.69, 9.17) is 18.0 Å². The molecule has 0 radical (unpaired) electrons. The Balaban J connectivity index is 2.04. The second-order valence-corrected chi connectivity index (χ2v) is 7.30. The van der Waals surface area contributed by atoms with Gasteiger partial charge in [0.25, 0.3) is 0 Å². The predicted molar refractivity (Wildman–Crippen MR) is 93.7 cm³/mol. The lowest BCUT2D eigenvalue weighted by atomic mass is 9.97. The molecule has 3 nitrogen and oxygen atoms in total. The first-order chi connectivity index (χ1) is 10.1. The molecular formula is C16H22N2OS2. The molecule has 0 aromatic heterocycles. The molecule has 1 aliphatic rings. The van der Waals surface area contributed by atoms with Gasteiger partial charge in [-0.1, -0.05) is 55.4 Å². The van der Waals surface area contributed by atoms with E-state index < -0.39 is 5.92 Å². The molecule has 1 aromatic rings. The number of amides is 1. The summed E-state index contributed by atoms with van der Waals surface area (Å²) < 4.78 is 0.188. The number of hydrogen-bond donors (Lipinski definition) is 2. The monoisotopic (exact) mass is 322 g/mol. The number of carbonyl (C=O) groups excluding carboxylic acids is 1.